The zero-order valence-electron chi connectivity index (χ0n) is 9.90. The first kappa shape index (κ1) is 11.3. The van der Waals surface area contributed by atoms with Gasteiger partial charge in [-0.1, -0.05) is 13.8 Å². The van der Waals surface area contributed by atoms with Gasteiger partial charge in [0.05, 0.1) is 17.3 Å². The average Bonchev–Trinajstić information content (AvgIpc) is 2.59. The van der Waals surface area contributed by atoms with Gasteiger partial charge in [0.25, 0.3) is 0 Å². The number of hydrogen-bond donors (Lipinski definition) is 0. The summed E-state index contributed by atoms with van der Waals surface area (Å²) < 4.78 is 1.87. The van der Waals surface area contributed by atoms with Gasteiger partial charge in [-0.15, -0.1) is 0 Å². The van der Waals surface area contributed by atoms with Crippen LogP contribution in [0.15, 0.2) is 6.20 Å². The van der Waals surface area contributed by atoms with Crippen LogP contribution < -0.4 is 0 Å². The molecule has 0 bridgehead atoms. The highest BCUT2D eigenvalue weighted by Gasteiger charge is 2.15. The third kappa shape index (κ3) is 1.78. The van der Waals surface area contributed by atoms with Gasteiger partial charge in [0.1, 0.15) is 0 Å². The molecule has 2 rings (SSSR count). The third-order valence-electron chi connectivity index (χ3n) is 2.49. The van der Waals surface area contributed by atoms with Crippen molar-refractivity contribution in [3.63, 3.8) is 0 Å². The summed E-state index contributed by atoms with van der Waals surface area (Å²) >= 11 is 5.94. The molecule has 0 unspecified atom stereocenters. The minimum atomic E-state index is 0.267. The van der Waals surface area contributed by atoms with E-state index >= 15 is 0 Å². The zero-order chi connectivity index (χ0) is 11.9. The lowest BCUT2D eigenvalue weighted by molar-refractivity contribution is 0.546. The van der Waals surface area contributed by atoms with Crippen molar-refractivity contribution >= 4 is 22.6 Å². The first-order chi connectivity index (χ1) is 7.50. The van der Waals surface area contributed by atoms with Crippen molar-refractivity contribution in [3.05, 3.63) is 17.2 Å². The highest BCUT2D eigenvalue weighted by Crippen LogP contribution is 2.25. The van der Waals surface area contributed by atoms with E-state index < -0.39 is 0 Å². The minimum Gasteiger partial charge on any atom is -0.245 e. The predicted octanol–water partition coefficient (Wildman–Crippen LogP) is 3.18. The van der Waals surface area contributed by atoms with Crippen LogP contribution in [0.5, 0.6) is 0 Å². The molecular weight excluding hydrogens is 224 g/mol. The van der Waals surface area contributed by atoms with Crippen molar-refractivity contribution < 1.29 is 0 Å². The molecule has 0 spiro atoms. The average molecular weight is 239 g/mol. The molecule has 0 fully saturated rings. The van der Waals surface area contributed by atoms with Crippen LogP contribution in [-0.2, 0) is 0 Å². The Morgan fingerprint density at radius 1 is 1.19 bits per heavy atom. The largest absolute Gasteiger partial charge is 0.245 e. The summed E-state index contributed by atoms with van der Waals surface area (Å²) in [6.07, 6.45) is 1.82. The molecule has 2 heterocycles. The Bertz CT molecular complexity index is 516. The normalized spacial score (nSPS) is 11.9. The lowest BCUT2D eigenvalue weighted by Gasteiger charge is -2.09. The van der Waals surface area contributed by atoms with E-state index in [1.54, 1.807) is 0 Å². The molecule has 2 aromatic rings. The number of halogens is 1. The fraction of sp³-hybridized carbons (Fsp3) is 0.545. The SMILES string of the molecule is CC(C)c1nc(Cl)nc2c1cnn2C(C)C. The van der Waals surface area contributed by atoms with Crippen LogP contribution in [0.4, 0.5) is 0 Å². The quantitative estimate of drug-likeness (QED) is 0.755. The van der Waals surface area contributed by atoms with Crippen molar-refractivity contribution in [2.24, 2.45) is 0 Å². The van der Waals surface area contributed by atoms with E-state index in [1.807, 2.05) is 10.9 Å². The molecule has 0 aliphatic heterocycles. The maximum Gasteiger partial charge on any atom is 0.224 e. The van der Waals surface area contributed by atoms with Crippen LogP contribution in [-0.4, -0.2) is 19.7 Å². The van der Waals surface area contributed by atoms with Crippen LogP contribution in [0, 0.1) is 0 Å². The van der Waals surface area contributed by atoms with Crippen LogP contribution in [0.25, 0.3) is 11.0 Å². The molecule has 0 aliphatic rings. The van der Waals surface area contributed by atoms with Gasteiger partial charge >= 0.3 is 0 Å². The van der Waals surface area contributed by atoms with Crippen molar-refractivity contribution in [1.29, 1.82) is 0 Å². The van der Waals surface area contributed by atoms with Crippen molar-refractivity contribution in [2.45, 2.75) is 39.7 Å². The Morgan fingerprint density at radius 3 is 2.44 bits per heavy atom. The zero-order valence-corrected chi connectivity index (χ0v) is 10.7. The summed E-state index contributed by atoms with van der Waals surface area (Å²) in [5.41, 5.74) is 1.78. The van der Waals surface area contributed by atoms with E-state index in [0.717, 1.165) is 16.7 Å². The van der Waals surface area contributed by atoms with Gasteiger partial charge in [-0.25, -0.2) is 9.67 Å². The number of fused-ring (bicyclic) bond motifs is 1. The molecule has 4 nitrogen and oxygen atoms in total. The third-order valence-corrected chi connectivity index (χ3v) is 2.66. The Labute approximate surface area is 99.7 Å². The molecule has 5 heteroatoms. The van der Waals surface area contributed by atoms with E-state index in [4.69, 9.17) is 11.6 Å². The Morgan fingerprint density at radius 2 is 1.88 bits per heavy atom. The standard InChI is InChI=1S/C11H15ClN4/c1-6(2)9-8-5-13-16(7(3)4)10(8)15-11(12)14-9/h5-7H,1-4H3. The maximum absolute atomic E-state index is 5.94. The number of aromatic nitrogens is 4. The van der Waals surface area contributed by atoms with E-state index in [1.165, 1.54) is 0 Å². The summed E-state index contributed by atoms with van der Waals surface area (Å²) in [6.45, 7) is 8.31. The fourth-order valence-electron chi connectivity index (χ4n) is 1.74. The molecule has 0 saturated heterocycles. The van der Waals surface area contributed by atoms with Crippen LogP contribution >= 0.6 is 11.6 Å². The predicted molar refractivity (Wildman–Crippen MR) is 64.8 cm³/mol. The van der Waals surface area contributed by atoms with Gasteiger partial charge in [-0.2, -0.15) is 10.1 Å². The van der Waals surface area contributed by atoms with Gasteiger partial charge in [0, 0.05) is 6.04 Å². The van der Waals surface area contributed by atoms with Gasteiger partial charge < -0.3 is 0 Å². The molecule has 86 valence electrons. The van der Waals surface area contributed by atoms with E-state index in [-0.39, 0.29) is 6.04 Å². The van der Waals surface area contributed by atoms with Crippen molar-refractivity contribution in [1.82, 2.24) is 19.7 Å². The number of rotatable bonds is 2. The number of nitrogens with zero attached hydrogens (tertiary/aromatic N) is 4. The summed E-state index contributed by atoms with van der Waals surface area (Å²) in [4.78, 5) is 8.53. The second-order valence-electron chi connectivity index (χ2n) is 4.45. The fourth-order valence-corrected chi connectivity index (χ4v) is 1.91. The van der Waals surface area contributed by atoms with Crippen LogP contribution in [0.3, 0.4) is 0 Å². The molecule has 0 amide bonds. The Balaban J connectivity index is 2.75. The molecule has 0 N–H and O–H groups in total. The van der Waals surface area contributed by atoms with Crippen molar-refractivity contribution in [2.75, 3.05) is 0 Å². The molecule has 0 aliphatic carbocycles. The molecule has 0 aromatic carbocycles. The summed E-state index contributed by atoms with van der Waals surface area (Å²) in [5, 5.41) is 5.62. The van der Waals surface area contributed by atoms with Gasteiger partial charge in [0.2, 0.25) is 5.28 Å². The highest BCUT2D eigenvalue weighted by molar-refractivity contribution is 6.28. The van der Waals surface area contributed by atoms with E-state index in [2.05, 4.69) is 42.8 Å². The number of hydrogen-bond acceptors (Lipinski definition) is 3. The molecular formula is C11H15ClN4. The van der Waals surface area contributed by atoms with Gasteiger partial charge in [0.15, 0.2) is 5.65 Å². The Hall–Kier alpha value is -1.16. The van der Waals surface area contributed by atoms with Crippen LogP contribution in [0.1, 0.15) is 45.3 Å². The molecule has 0 atom stereocenters. The monoisotopic (exact) mass is 238 g/mol. The smallest absolute Gasteiger partial charge is 0.224 e. The summed E-state index contributed by atoms with van der Waals surface area (Å²) in [5.74, 6) is 0.313. The second-order valence-corrected chi connectivity index (χ2v) is 4.79. The van der Waals surface area contributed by atoms with E-state index in [0.29, 0.717) is 11.2 Å². The van der Waals surface area contributed by atoms with Crippen LogP contribution in [0.2, 0.25) is 5.28 Å². The first-order valence-electron chi connectivity index (χ1n) is 5.41. The van der Waals surface area contributed by atoms with Gasteiger partial charge in [-0.3, -0.25) is 0 Å². The maximum atomic E-state index is 5.94. The Kier molecular flexibility index (Phi) is 2.84. The first-order valence-corrected chi connectivity index (χ1v) is 5.79. The molecule has 16 heavy (non-hydrogen) atoms. The van der Waals surface area contributed by atoms with E-state index in [9.17, 15) is 0 Å². The topological polar surface area (TPSA) is 43.6 Å². The lowest BCUT2D eigenvalue weighted by Crippen LogP contribution is -2.05. The van der Waals surface area contributed by atoms with Gasteiger partial charge in [-0.05, 0) is 31.4 Å². The lowest BCUT2D eigenvalue weighted by atomic mass is 10.1. The summed E-state index contributed by atoms with van der Waals surface area (Å²) in [6, 6.07) is 0.267. The van der Waals surface area contributed by atoms with Crippen molar-refractivity contribution in [3.8, 4) is 0 Å². The highest BCUT2D eigenvalue weighted by atomic mass is 35.5. The second kappa shape index (κ2) is 4.01. The summed E-state index contributed by atoms with van der Waals surface area (Å²) in [7, 11) is 0. The molecule has 0 saturated carbocycles. The minimum absolute atomic E-state index is 0.267. The molecule has 2 aromatic heterocycles. The molecule has 0 radical (unpaired) electrons.